The van der Waals surface area contributed by atoms with Crippen LogP contribution in [0.4, 0.5) is 0 Å². The molecular formula is C13H24N2O2. The first-order valence-corrected chi connectivity index (χ1v) is 7.11. The van der Waals surface area contributed by atoms with E-state index in [0.717, 1.165) is 32.4 Å². The summed E-state index contributed by atoms with van der Waals surface area (Å²) in [5.74, 6) is 1.84. The topological polar surface area (TPSA) is 53.5 Å². The minimum atomic E-state index is 0.349. The first kappa shape index (κ1) is 11.9. The zero-order valence-electron chi connectivity index (χ0n) is 10.4. The molecule has 2 saturated heterocycles. The van der Waals surface area contributed by atoms with E-state index in [1.807, 2.05) is 0 Å². The Morgan fingerprint density at radius 2 is 1.94 bits per heavy atom. The largest absolute Gasteiger partial charge is 0.396 e. The van der Waals surface area contributed by atoms with Gasteiger partial charge < -0.3 is 10.4 Å². The van der Waals surface area contributed by atoms with Crippen LogP contribution in [-0.4, -0.2) is 36.9 Å². The average molecular weight is 240 g/mol. The SMILES string of the molecule is OCC1CCC2NOC(C3CCNCC3)C2C1. The predicted molar refractivity (Wildman–Crippen MR) is 65.3 cm³/mol. The van der Waals surface area contributed by atoms with E-state index in [-0.39, 0.29) is 0 Å². The Bertz CT molecular complexity index is 256. The van der Waals surface area contributed by atoms with Crippen LogP contribution >= 0.6 is 0 Å². The molecule has 98 valence electrons. The molecule has 4 atom stereocenters. The second-order valence-electron chi connectivity index (χ2n) is 5.92. The van der Waals surface area contributed by atoms with Gasteiger partial charge in [-0.25, -0.2) is 0 Å². The maximum absolute atomic E-state index is 9.34. The van der Waals surface area contributed by atoms with Crippen molar-refractivity contribution in [3.05, 3.63) is 0 Å². The van der Waals surface area contributed by atoms with E-state index in [0.29, 0.717) is 36.5 Å². The van der Waals surface area contributed by atoms with Gasteiger partial charge in [-0.2, -0.15) is 5.48 Å². The summed E-state index contributed by atoms with van der Waals surface area (Å²) in [5.41, 5.74) is 3.25. The number of aliphatic hydroxyl groups is 1. The van der Waals surface area contributed by atoms with Crippen LogP contribution in [0.15, 0.2) is 0 Å². The van der Waals surface area contributed by atoms with E-state index >= 15 is 0 Å². The van der Waals surface area contributed by atoms with Gasteiger partial charge in [0.25, 0.3) is 0 Å². The lowest BCUT2D eigenvalue weighted by Gasteiger charge is -2.35. The highest BCUT2D eigenvalue weighted by molar-refractivity contribution is 4.94. The fourth-order valence-electron chi connectivity index (χ4n) is 3.84. The molecule has 1 saturated carbocycles. The number of nitrogens with one attached hydrogen (secondary N) is 2. The Balaban J connectivity index is 1.64. The summed E-state index contributed by atoms with van der Waals surface area (Å²) in [6.45, 7) is 2.61. The van der Waals surface area contributed by atoms with Crippen molar-refractivity contribution in [2.45, 2.75) is 44.2 Å². The molecule has 0 aromatic heterocycles. The zero-order chi connectivity index (χ0) is 11.7. The smallest absolute Gasteiger partial charge is 0.0863 e. The van der Waals surface area contributed by atoms with Crippen LogP contribution in [0.5, 0.6) is 0 Å². The van der Waals surface area contributed by atoms with Gasteiger partial charge in [-0.1, -0.05) is 0 Å². The molecule has 4 nitrogen and oxygen atoms in total. The van der Waals surface area contributed by atoms with Crippen molar-refractivity contribution in [3.8, 4) is 0 Å². The second-order valence-corrected chi connectivity index (χ2v) is 5.92. The number of hydrogen-bond acceptors (Lipinski definition) is 4. The van der Waals surface area contributed by atoms with Crippen molar-refractivity contribution < 1.29 is 9.94 Å². The molecule has 0 spiro atoms. The van der Waals surface area contributed by atoms with E-state index in [2.05, 4.69) is 10.8 Å². The third-order valence-electron chi connectivity index (χ3n) is 4.89. The molecule has 0 bridgehead atoms. The maximum atomic E-state index is 9.34. The Morgan fingerprint density at radius 3 is 2.71 bits per heavy atom. The highest BCUT2D eigenvalue weighted by Gasteiger charge is 2.44. The van der Waals surface area contributed by atoms with Crippen LogP contribution in [0.25, 0.3) is 0 Å². The van der Waals surface area contributed by atoms with Crippen LogP contribution < -0.4 is 10.8 Å². The van der Waals surface area contributed by atoms with Gasteiger partial charge in [0.05, 0.1) is 6.10 Å². The molecule has 0 amide bonds. The van der Waals surface area contributed by atoms with Crippen molar-refractivity contribution in [3.63, 3.8) is 0 Å². The van der Waals surface area contributed by atoms with Crippen molar-refractivity contribution in [1.29, 1.82) is 0 Å². The first-order valence-electron chi connectivity index (χ1n) is 7.11. The van der Waals surface area contributed by atoms with E-state index in [4.69, 9.17) is 4.84 Å². The maximum Gasteiger partial charge on any atom is 0.0863 e. The van der Waals surface area contributed by atoms with Gasteiger partial charge in [0, 0.05) is 18.6 Å². The second kappa shape index (κ2) is 5.22. The summed E-state index contributed by atoms with van der Waals surface area (Å²) in [6, 6.07) is 0.540. The van der Waals surface area contributed by atoms with Crippen LogP contribution in [-0.2, 0) is 4.84 Å². The minimum absolute atomic E-state index is 0.349. The summed E-state index contributed by atoms with van der Waals surface area (Å²) in [4.78, 5) is 5.87. The van der Waals surface area contributed by atoms with Gasteiger partial charge >= 0.3 is 0 Å². The van der Waals surface area contributed by atoms with Crippen LogP contribution in [0, 0.1) is 17.8 Å². The summed E-state index contributed by atoms with van der Waals surface area (Å²) in [5, 5.41) is 12.8. The third-order valence-corrected chi connectivity index (χ3v) is 4.89. The van der Waals surface area contributed by atoms with Crippen molar-refractivity contribution in [2.24, 2.45) is 17.8 Å². The summed E-state index contributed by atoms with van der Waals surface area (Å²) in [6.07, 6.45) is 6.31. The number of piperidine rings is 1. The molecule has 3 N–H and O–H groups in total. The van der Waals surface area contributed by atoms with Gasteiger partial charge in [-0.05, 0) is 57.0 Å². The zero-order valence-corrected chi connectivity index (χ0v) is 10.4. The van der Waals surface area contributed by atoms with E-state index < -0.39 is 0 Å². The molecule has 4 unspecified atom stereocenters. The molecule has 3 aliphatic rings. The van der Waals surface area contributed by atoms with E-state index in [9.17, 15) is 5.11 Å². The van der Waals surface area contributed by atoms with Gasteiger partial charge in [-0.15, -0.1) is 0 Å². The van der Waals surface area contributed by atoms with E-state index in [1.165, 1.54) is 12.8 Å². The highest BCUT2D eigenvalue weighted by Crippen LogP contribution is 2.40. The van der Waals surface area contributed by atoms with Gasteiger partial charge in [-0.3, -0.25) is 4.84 Å². The van der Waals surface area contributed by atoms with Gasteiger partial charge in [0.1, 0.15) is 0 Å². The molecule has 2 aliphatic heterocycles. The van der Waals surface area contributed by atoms with Crippen LogP contribution in [0.1, 0.15) is 32.1 Å². The normalized spacial score (nSPS) is 43.6. The lowest BCUT2D eigenvalue weighted by Crippen LogP contribution is -2.40. The number of fused-ring (bicyclic) bond motifs is 1. The van der Waals surface area contributed by atoms with Gasteiger partial charge in [0.2, 0.25) is 0 Å². The summed E-state index contributed by atoms with van der Waals surface area (Å²) in [7, 11) is 0. The van der Waals surface area contributed by atoms with Crippen molar-refractivity contribution >= 4 is 0 Å². The molecule has 0 aromatic rings. The van der Waals surface area contributed by atoms with Crippen molar-refractivity contribution in [1.82, 2.24) is 10.8 Å². The molecule has 2 heterocycles. The Labute approximate surface area is 103 Å². The predicted octanol–water partition coefficient (Wildman–Crippen LogP) is 0.667. The molecular weight excluding hydrogens is 216 g/mol. The molecule has 3 rings (SSSR count). The summed E-state index contributed by atoms with van der Waals surface area (Å²) < 4.78 is 0. The quantitative estimate of drug-likeness (QED) is 0.664. The Morgan fingerprint density at radius 1 is 1.12 bits per heavy atom. The fourth-order valence-corrected chi connectivity index (χ4v) is 3.84. The van der Waals surface area contributed by atoms with Crippen LogP contribution in [0.2, 0.25) is 0 Å². The lowest BCUT2D eigenvalue weighted by molar-refractivity contribution is -0.0247. The Kier molecular flexibility index (Phi) is 3.66. The van der Waals surface area contributed by atoms with Crippen molar-refractivity contribution in [2.75, 3.05) is 19.7 Å². The molecule has 17 heavy (non-hydrogen) atoms. The Hall–Kier alpha value is -0.160. The molecule has 1 aliphatic carbocycles. The third kappa shape index (κ3) is 2.36. The minimum Gasteiger partial charge on any atom is -0.396 e. The molecule has 0 aromatic carbocycles. The standard InChI is InChI=1S/C13H24N2O2/c16-8-9-1-2-12-11(7-9)13(17-15-12)10-3-5-14-6-4-10/h9-16H,1-8H2. The number of aliphatic hydroxyl groups excluding tert-OH is 1. The first-order chi connectivity index (χ1) is 8.38. The number of hydrogen-bond donors (Lipinski definition) is 3. The van der Waals surface area contributed by atoms with Gasteiger partial charge in [0.15, 0.2) is 0 Å². The average Bonchev–Trinajstić information content (AvgIpc) is 2.82. The monoisotopic (exact) mass is 240 g/mol. The summed E-state index contributed by atoms with van der Waals surface area (Å²) >= 11 is 0. The van der Waals surface area contributed by atoms with E-state index in [1.54, 1.807) is 0 Å². The lowest BCUT2D eigenvalue weighted by atomic mass is 9.72. The molecule has 4 heteroatoms. The molecule has 0 radical (unpaired) electrons. The highest BCUT2D eigenvalue weighted by atomic mass is 16.7. The fraction of sp³-hybridized carbons (Fsp3) is 1.00. The number of hydroxylamine groups is 1. The van der Waals surface area contributed by atoms with Crippen LogP contribution in [0.3, 0.4) is 0 Å². The number of rotatable bonds is 2. The molecule has 3 fully saturated rings.